The van der Waals surface area contributed by atoms with Gasteiger partial charge >= 0.3 is 6.15 Å². The van der Waals surface area contributed by atoms with E-state index in [0.717, 1.165) is 0 Å². The predicted molar refractivity (Wildman–Crippen MR) is 14.9 cm³/mol. The van der Waals surface area contributed by atoms with Crippen LogP contribution in [-0.4, -0.2) is 6.15 Å². The van der Waals surface area contributed by atoms with Gasteiger partial charge in [-0.25, -0.2) is 0 Å². The van der Waals surface area contributed by atoms with Gasteiger partial charge in [0.15, 0.2) is 0 Å². The van der Waals surface area contributed by atoms with Gasteiger partial charge in [-0.15, -0.1) is 12.8 Å². The second kappa shape index (κ2) is 3070. The largest absolute Gasteiger partial charge is 0.373 e. The molecule has 0 amide bonds. The molecule has 0 aliphatic carbocycles. The summed E-state index contributed by atoms with van der Waals surface area (Å²) in [6.07, 6.45) is 8.25. The summed E-state index contributed by atoms with van der Waals surface area (Å²) >= 11 is 0. The Morgan fingerprint density at radius 1 is 1.20 bits per heavy atom. The minimum absolute atomic E-state index is 0.250. The lowest BCUT2D eigenvalue weighted by Gasteiger charge is -0.945. The van der Waals surface area contributed by atoms with Crippen molar-refractivity contribution in [2.45, 2.75) is 0 Å². The van der Waals surface area contributed by atoms with Gasteiger partial charge in [0, 0.05) is 0 Å². The summed E-state index contributed by atoms with van der Waals surface area (Å²) in [7, 11) is 0. The summed E-state index contributed by atoms with van der Waals surface area (Å²) < 4.78 is 0. The summed E-state index contributed by atoms with van der Waals surface area (Å²) in [5, 5.41) is 0. The fourth-order valence-corrected chi connectivity index (χ4v) is 0. The summed E-state index contributed by atoms with van der Waals surface area (Å²) in [5.41, 5.74) is 0. The summed E-state index contributed by atoms with van der Waals surface area (Å²) in [6.45, 7) is 0. The topological polar surface area (TPSA) is 34.1 Å². The van der Waals surface area contributed by atoms with Crippen molar-refractivity contribution in [1.82, 2.24) is 0 Å². The summed E-state index contributed by atoms with van der Waals surface area (Å²) in [5.74, 6) is 0. The SMILES string of the molecule is C#C.O=C=O. The van der Waals surface area contributed by atoms with Crippen molar-refractivity contribution in [3.8, 4) is 12.8 Å². The Hall–Kier alpha value is -1.06. The second-order valence-corrected chi connectivity index (χ2v) is 0.0833. The Morgan fingerprint density at radius 2 is 1.20 bits per heavy atom. The van der Waals surface area contributed by atoms with Crippen molar-refractivity contribution in [3.05, 3.63) is 0 Å². The third-order valence-electron chi connectivity index (χ3n) is 0. The van der Waals surface area contributed by atoms with Crippen molar-refractivity contribution in [1.29, 1.82) is 0 Å². The third kappa shape index (κ3) is 2.31. The van der Waals surface area contributed by atoms with Crippen LogP contribution in [0.5, 0.6) is 0 Å². The lowest BCUT2D eigenvalue weighted by Crippen LogP contribution is -1.22. The summed E-state index contributed by atoms with van der Waals surface area (Å²) in [6, 6.07) is 0. The zero-order valence-corrected chi connectivity index (χ0v) is 2.47. The molecule has 0 unspecified atom stereocenters. The molecule has 0 aromatic heterocycles. The highest BCUT2D eigenvalue weighted by Crippen LogP contribution is 0.787. The van der Waals surface area contributed by atoms with E-state index in [1.807, 2.05) is 0 Å². The molecule has 0 saturated heterocycles. The van der Waals surface area contributed by atoms with Gasteiger partial charge in [0.05, 0.1) is 0 Å². The average molecular weight is 70.0 g/mol. The molecule has 0 aliphatic heterocycles. The van der Waals surface area contributed by atoms with Gasteiger partial charge in [0.2, 0.25) is 0 Å². The van der Waals surface area contributed by atoms with E-state index in [1.54, 1.807) is 0 Å². The molecule has 0 aromatic carbocycles. The molecule has 0 heterocycles. The number of hydrogen-bond donors (Lipinski definition) is 0. The maximum atomic E-state index is 8.12. The van der Waals surface area contributed by atoms with Gasteiger partial charge in [0.25, 0.3) is 0 Å². The standard InChI is InChI=1S/C2H2.CO2/c1-2;2-1-3/h1-2H;. The van der Waals surface area contributed by atoms with Gasteiger partial charge in [-0.1, -0.05) is 0 Å². The predicted octanol–water partition coefficient (Wildman–Crippen LogP) is -0.334. The maximum Gasteiger partial charge on any atom is 0.373 e. The number of rotatable bonds is 0. The smallest absolute Gasteiger partial charge is 0.186 e. The number of hydrogen-bond acceptors (Lipinski definition) is 2. The van der Waals surface area contributed by atoms with E-state index in [9.17, 15) is 0 Å². The van der Waals surface area contributed by atoms with Gasteiger partial charge in [0.1, 0.15) is 0 Å². The van der Waals surface area contributed by atoms with E-state index in [0.29, 0.717) is 0 Å². The molecule has 0 atom stereocenters. The Kier molecular flexibility index (Phi) is 5560. The van der Waals surface area contributed by atoms with Gasteiger partial charge in [-0.3, -0.25) is 0 Å². The molecule has 26 valence electrons. The first kappa shape index (κ1) is 9.05. The van der Waals surface area contributed by atoms with Gasteiger partial charge < -0.3 is 0 Å². The van der Waals surface area contributed by atoms with Crippen molar-refractivity contribution in [2.75, 3.05) is 0 Å². The van der Waals surface area contributed by atoms with E-state index >= 15 is 0 Å². The fourth-order valence-electron chi connectivity index (χ4n) is 0. The highest BCUT2D eigenvalue weighted by atomic mass is 16.2. The van der Waals surface area contributed by atoms with Crippen LogP contribution in [0.4, 0.5) is 0 Å². The van der Waals surface area contributed by atoms with Crippen molar-refractivity contribution in [2.24, 2.45) is 0 Å². The van der Waals surface area contributed by atoms with Crippen molar-refractivity contribution in [3.63, 3.8) is 0 Å². The minimum atomic E-state index is 0.250. The van der Waals surface area contributed by atoms with Crippen molar-refractivity contribution >= 4 is 6.15 Å². The molecule has 0 bridgehead atoms. The molecule has 0 fully saturated rings. The molecule has 2 nitrogen and oxygen atoms in total. The molecule has 0 aliphatic rings. The van der Waals surface area contributed by atoms with Crippen LogP contribution in [0.25, 0.3) is 0 Å². The van der Waals surface area contributed by atoms with Gasteiger partial charge in [-0.2, -0.15) is 9.59 Å². The van der Waals surface area contributed by atoms with E-state index in [4.69, 9.17) is 9.59 Å². The maximum absolute atomic E-state index is 8.12. The quantitative estimate of drug-likeness (QED) is 0.365. The monoisotopic (exact) mass is 70.0 g/mol. The molecule has 0 saturated carbocycles. The second-order valence-electron chi connectivity index (χ2n) is 0.0833. The van der Waals surface area contributed by atoms with Crippen LogP contribution < -0.4 is 0 Å². The van der Waals surface area contributed by atoms with E-state index < -0.39 is 0 Å². The third-order valence-corrected chi connectivity index (χ3v) is 0. The van der Waals surface area contributed by atoms with Crippen LogP contribution >= 0.6 is 0 Å². The molecule has 5 heavy (non-hydrogen) atoms. The van der Waals surface area contributed by atoms with E-state index in [1.165, 1.54) is 0 Å². The van der Waals surface area contributed by atoms with Crippen LogP contribution in [0, 0.1) is 12.8 Å². The molecule has 0 aromatic rings. The molecule has 0 rings (SSSR count). The fraction of sp³-hybridized carbons (Fsp3) is 0. The Balaban J connectivity index is 0. The molecular formula is C3H2O2. The Labute approximate surface area is 29.8 Å². The van der Waals surface area contributed by atoms with E-state index in [2.05, 4.69) is 12.8 Å². The molecule has 0 radical (unpaired) electrons. The zero-order valence-electron chi connectivity index (χ0n) is 2.47. The Morgan fingerprint density at radius 3 is 1.20 bits per heavy atom. The van der Waals surface area contributed by atoms with Crippen LogP contribution in [0.2, 0.25) is 0 Å². The molecule has 2 heteroatoms. The van der Waals surface area contributed by atoms with Crippen molar-refractivity contribution < 1.29 is 9.59 Å². The molecular weight excluding hydrogens is 68.0 g/mol. The Bertz CT molecular complexity index is 47.2. The highest BCUT2D eigenvalue weighted by molar-refractivity contribution is 5.20. The van der Waals surface area contributed by atoms with Crippen LogP contribution in [0.3, 0.4) is 0 Å². The number of terminal acetylenes is 1. The first-order valence-corrected chi connectivity index (χ1v) is 0.742. The first-order valence-electron chi connectivity index (χ1n) is 0.742. The zero-order chi connectivity index (χ0) is 4.71. The van der Waals surface area contributed by atoms with Crippen LogP contribution in [0.15, 0.2) is 0 Å². The lowest BCUT2D eigenvalue weighted by atomic mass is 11.4. The normalized spacial score (nSPS) is 2.00. The van der Waals surface area contributed by atoms with Crippen LogP contribution in [0.1, 0.15) is 0 Å². The van der Waals surface area contributed by atoms with Crippen LogP contribution in [-0.2, 0) is 9.59 Å². The molecule has 0 spiro atoms. The average Bonchev–Trinajstić information content (AvgIpc) is 1.46. The van der Waals surface area contributed by atoms with E-state index in [-0.39, 0.29) is 6.15 Å². The number of carbonyl (C=O) groups excluding carboxylic acids is 2. The lowest BCUT2D eigenvalue weighted by molar-refractivity contribution is -0.191. The molecule has 0 N–H and O–H groups in total. The minimum Gasteiger partial charge on any atom is -0.186 e. The van der Waals surface area contributed by atoms with Gasteiger partial charge in [-0.05, 0) is 0 Å². The highest BCUT2D eigenvalue weighted by Gasteiger charge is 1.13. The first-order chi connectivity index (χ1) is 2.41. The summed E-state index contributed by atoms with van der Waals surface area (Å²) in [4.78, 5) is 16.2.